The molecule has 0 spiro atoms. The maximum absolute atomic E-state index is 12.4. The van der Waals surface area contributed by atoms with E-state index in [1.807, 2.05) is 67.6 Å². The van der Waals surface area contributed by atoms with E-state index in [4.69, 9.17) is 21.1 Å². The van der Waals surface area contributed by atoms with Crippen LogP contribution in [0.5, 0.6) is 0 Å². The van der Waals surface area contributed by atoms with Gasteiger partial charge in [-0.3, -0.25) is 0 Å². The summed E-state index contributed by atoms with van der Waals surface area (Å²) in [5.74, 6) is -0.0806. The number of benzene rings is 3. The molecular formula is C28H31ClO3. The van der Waals surface area contributed by atoms with E-state index in [1.54, 1.807) is 0 Å². The Labute approximate surface area is 196 Å². The predicted octanol–water partition coefficient (Wildman–Crippen LogP) is 7.59. The topological polar surface area (TPSA) is 35.5 Å². The van der Waals surface area contributed by atoms with Crippen LogP contribution >= 0.6 is 11.6 Å². The zero-order chi connectivity index (χ0) is 22.9. The molecule has 0 aliphatic carbocycles. The molecule has 0 amide bonds. The molecule has 0 aliphatic heterocycles. The average Bonchev–Trinajstić information content (AvgIpc) is 2.81. The fourth-order valence-electron chi connectivity index (χ4n) is 3.97. The second-order valence-corrected chi connectivity index (χ2v) is 8.47. The molecule has 0 heterocycles. The van der Waals surface area contributed by atoms with Crippen LogP contribution in [0.1, 0.15) is 59.2 Å². The smallest absolute Gasteiger partial charge is 0.338 e. The van der Waals surface area contributed by atoms with Gasteiger partial charge in [0.1, 0.15) is 0 Å². The molecule has 0 N–H and O–H groups in total. The van der Waals surface area contributed by atoms with Crippen molar-refractivity contribution in [2.24, 2.45) is 0 Å². The van der Waals surface area contributed by atoms with Gasteiger partial charge in [0, 0.05) is 10.9 Å². The molecule has 0 fully saturated rings. The number of rotatable bonds is 10. The second kappa shape index (κ2) is 11.8. The summed E-state index contributed by atoms with van der Waals surface area (Å²) in [7, 11) is 1.41. The maximum atomic E-state index is 12.4. The van der Waals surface area contributed by atoms with Crippen LogP contribution in [0.15, 0.2) is 66.7 Å². The number of halogens is 1. The highest BCUT2D eigenvalue weighted by Gasteiger charge is 2.17. The quantitative estimate of drug-likeness (QED) is 0.298. The summed E-state index contributed by atoms with van der Waals surface area (Å²) in [6.45, 7) is 5.30. The Morgan fingerprint density at radius 1 is 1.00 bits per heavy atom. The number of hydrogen-bond donors (Lipinski definition) is 0. The number of unbranched alkanes of at least 4 members (excludes halogenated alkanes) is 1. The highest BCUT2D eigenvalue weighted by Crippen LogP contribution is 2.31. The number of aryl methyl sites for hydroxylation is 1. The van der Waals surface area contributed by atoms with Crippen LogP contribution in [-0.2, 0) is 16.1 Å². The summed E-state index contributed by atoms with van der Waals surface area (Å²) >= 11 is 6.46. The predicted molar refractivity (Wildman–Crippen MR) is 131 cm³/mol. The van der Waals surface area contributed by atoms with Gasteiger partial charge in [-0.15, -0.1) is 0 Å². The van der Waals surface area contributed by atoms with E-state index >= 15 is 0 Å². The molecule has 3 aromatic rings. The molecule has 3 aromatic carbocycles. The van der Waals surface area contributed by atoms with Crippen molar-refractivity contribution in [2.75, 3.05) is 13.7 Å². The Bertz CT molecular complexity index is 1040. The largest absolute Gasteiger partial charge is 0.465 e. The number of methoxy groups -OCH3 is 1. The van der Waals surface area contributed by atoms with Gasteiger partial charge in [-0.2, -0.15) is 0 Å². The van der Waals surface area contributed by atoms with E-state index in [0.29, 0.717) is 18.8 Å². The fourth-order valence-corrected chi connectivity index (χ4v) is 4.26. The Morgan fingerprint density at radius 3 is 2.47 bits per heavy atom. The van der Waals surface area contributed by atoms with Crippen LogP contribution in [0.4, 0.5) is 0 Å². The van der Waals surface area contributed by atoms with Crippen molar-refractivity contribution in [2.45, 2.75) is 45.6 Å². The van der Waals surface area contributed by atoms with Gasteiger partial charge in [0.05, 0.1) is 25.9 Å². The third kappa shape index (κ3) is 5.99. The monoisotopic (exact) mass is 450 g/mol. The lowest BCUT2D eigenvalue weighted by atomic mass is 9.94. The van der Waals surface area contributed by atoms with E-state index in [0.717, 1.165) is 52.1 Å². The molecule has 0 bridgehead atoms. The lowest BCUT2D eigenvalue weighted by Crippen LogP contribution is -2.10. The Morgan fingerprint density at radius 2 is 1.75 bits per heavy atom. The van der Waals surface area contributed by atoms with Crippen molar-refractivity contribution < 1.29 is 14.3 Å². The van der Waals surface area contributed by atoms with Gasteiger partial charge >= 0.3 is 5.97 Å². The van der Waals surface area contributed by atoms with Gasteiger partial charge in [-0.05, 0) is 59.4 Å². The number of hydrogen-bond acceptors (Lipinski definition) is 3. The molecule has 1 atom stereocenters. The minimum Gasteiger partial charge on any atom is -0.465 e. The first-order valence-electron chi connectivity index (χ1n) is 11.1. The standard InChI is InChI=1S/C28H31ClO3/c1-4-5-11-22(24-13-8-9-14-27(24)29)19-32-18-21-15-16-25(28(30)31-3)26(17-21)23-12-7-6-10-20(23)2/h6-10,12-17,22H,4-5,11,18-19H2,1-3H3. The molecule has 32 heavy (non-hydrogen) atoms. The number of carbonyl (C=O) groups is 1. The molecule has 1 unspecified atom stereocenters. The highest BCUT2D eigenvalue weighted by molar-refractivity contribution is 6.31. The Balaban J connectivity index is 1.80. The van der Waals surface area contributed by atoms with Crippen molar-refractivity contribution in [1.29, 1.82) is 0 Å². The first-order valence-corrected chi connectivity index (χ1v) is 11.5. The van der Waals surface area contributed by atoms with Crippen molar-refractivity contribution >= 4 is 17.6 Å². The van der Waals surface area contributed by atoms with E-state index in [2.05, 4.69) is 13.0 Å². The van der Waals surface area contributed by atoms with Crippen LogP contribution in [0, 0.1) is 6.92 Å². The summed E-state index contributed by atoms with van der Waals surface area (Å²) in [6, 6.07) is 21.9. The summed E-state index contributed by atoms with van der Waals surface area (Å²) in [6.07, 6.45) is 3.30. The number of carbonyl (C=O) groups excluding carboxylic acids is 1. The third-order valence-corrected chi connectivity index (χ3v) is 6.11. The van der Waals surface area contributed by atoms with Crippen LogP contribution in [0.2, 0.25) is 5.02 Å². The molecule has 0 aliphatic rings. The first-order chi connectivity index (χ1) is 15.5. The molecular weight excluding hydrogens is 420 g/mol. The zero-order valence-electron chi connectivity index (χ0n) is 19.1. The molecule has 3 rings (SSSR count). The maximum Gasteiger partial charge on any atom is 0.338 e. The zero-order valence-corrected chi connectivity index (χ0v) is 19.8. The van der Waals surface area contributed by atoms with Crippen LogP contribution in [0.25, 0.3) is 11.1 Å². The Hall–Kier alpha value is -2.62. The normalized spacial score (nSPS) is 11.9. The van der Waals surface area contributed by atoms with Gasteiger partial charge in [-0.1, -0.05) is 79.9 Å². The minimum absolute atomic E-state index is 0.258. The first kappa shape index (κ1) is 24.0. The van der Waals surface area contributed by atoms with Gasteiger partial charge < -0.3 is 9.47 Å². The fraction of sp³-hybridized carbons (Fsp3) is 0.321. The van der Waals surface area contributed by atoms with E-state index in [1.165, 1.54) is 7.11 Å². The molecule has 0 saturated heterocycles. The van der Waals surface area contributed by atoms with Gasteiger partial charge in [0.25, 0.3) is 0 Å². The van der Waals surface area contributed by atoms with Crippen molar-refractivity contribution in [1.82, 2.24) is 0 Å². The lowest BCUT2D eigenvalue weighted by molar-refractivity contribution is 0.0601. The number of esters is 1. The SMILES string of the molecule is CCCCC(COCc1ccc(C(=O)OC)c(-c2ccccc2C)c1)c1ccccc1Cl. The highest BCUT2D eigenvalue weighted by atomic mass is 35.5. The van der Waals surface area contributed by atoms with Crippen molar-refractivity contribution in [3.05, 3.63) is 94.0 Å². The van der Waals surface area contributed by atoms with Gasteiger partial charge in [0.2, 0.25) is 0 Å². The molecule has 0 saturated carbocycles. The van der Waals surface area contributed by atoms with Gasteiger partial charge in [-0.25, -0.2) is 4.79 Å². The Kier molecular flexibility index (Phi) is 8.90. The molecule has 0 aromatic heterocycles. The van der Waals surface area contributed by atoms with Crippen LogP contribution in [0.3, 0.4) is 0 Å². The summed E-state index contributed by atoms with van der Waals surface area (Å²) < 4.78 is 11.2. The summed E-state index contributed by atoms with van der Waals surface area (Å²) in [4.78, 5) is 12.4. The minimum atomic E-state index is -0.339. The average molecular weight is 451 g/mol. The van der Waals surface area contributed by atoms with E-state index in [9.17, 15) is 4.79 Å². The van der Waals surface area contributed by atoms with E-state index in [-0.39, 0.29) is 11.9 Å². The van der Waals surface area contributed by atoms with Crippen molar-refractivity contribution in [3.8, 4) is 11.1 Å². The molecule has 4 heteroatoms. The third-order valence-electron chi connectivity index (χ3n) is 5.76. The second-order valence-electron chi connectivity index (χ2n) is 8.06. The van der Waals surface area contributed by atoms with Crippen LogP contribution in [-0.4, -0.2) is 19.7 Å². The summed E-state index contributed by atoms with van der Waals surface area (Å²) in [5.41, 5.74) is 5.71. The molecule has 168 valence electrons. The van der Waals surface area contributed by atoms with Gasteiger partial charge in [0.15, 0.2) is 0 Å². The van der Waals surface area contributed by atoms with Crippen LogP contribution < -0.4 is 0 Å². The van der Waals surface area contributed by atoms with Crippen molar-refractivity contribution in [3.63, 3.8) is 0 Å². The van der Waals surface area contributed by atoms with E-state index < -0.39 is 0 Å². The summed E-state index contributed by atoms with van der Waals surface area (Å²) in [5, 5.41) is 0.793. The molecule has 0 radical (unpaired) electrons. The lowest BCUT2D eigenvalue weighted by Gasteiger charge is -2.19. The molecule has 3 nitrogen and oxygen atoms in total. The number of ether oxygens (including phenoxy) is 2.